The normalized spacial score (nSPS) is 11.9. The summed E-state index contributed by atoms with van der Waals surface area (Å²) in [7, 11) is -2.63. The molecule has 0 spiro atoms. The first kappa shape index (κ1) is 21.2. The number of hydrogen-bond donors (Lipinski definition) is 2. The smallest absolute Gasteiger partial charge is 0.243 e. The Morgan fingerprint density at radius 3 is 2.65 bits per heavy atom. The molecule has 31 heavy (non-hydrogen) atoms. The van der Waals surface area contributed by atoms with E-state index >= 15 is 0 Å². The molecule has 4 aromatic rings. The maximum absolute atomic E-state index is 13.1. The number of carbonyl (C=O) groups excluding carboxylic acids is 1. The molecule has 2 heterocycles. The molecule has 10 heteroatoms. The number of aromatic nitrogens is 2. The van der Waals surface area contributed by atoms with Crippen LogP contribution in [0.15, 0.2) is 58.8 Å². The molecule has 160 valence electrons. The number of rotatable bonds is 6. The zero-order valence-electron chi connectivity index (χ0n) is 16.7. The van der Waals surface area contributed by atoms with Gasteiger partial charge in [0.25, 0.3) is 0 Å². The predicted octanol–water partition coefficient (Wildman–Crippen LogP) is 4.00. The average molecular weight is 459 g/mol. The lowest BCUT2D eigenvalue weighted by Crippen LogP contribution is -2.34. The highest BCUT2D eigenvalue weighted by Crippen LogP contribution is 2.33. The molecule has 1 amide bonds. The first-order chi connectivity index (χ1) is 14.8. The Hall–Kier alpha value is -3.08. The number of nitrogens with zero attached hydrogens (tertiary/aromatic N) is 2. The lowest BCUT2D eigenvalue weighted by Gasteiger charge is -2.16. The van der Waals surface area contributed by atoms with Crippen molar-refractivity contribution in [3.63, 3.8) is 0 Å². The minimum Gasteiger partial charge on any atom is -0.358 e. The zero-order chi connectivity index (χ0) is 22.2. The fourth-order valence-electron chi connectivity index (χ4n) is 3.29. The zero-order valence-corrected chi connectivity index (χ0v) is 18.3. The van der Waals surface area contributed by atoms with Gasteiger partial charge in [0.1, 0.15) is 5.82 Å². The first-order valence-corrected chi connectivity index (χ1v) is 11.6. The van der Waals surface area contributed by atoms with Gasteiger partial charge in [-0.25, -0.2) is 17.8 Å². The minimum absolute atomic E-state index is 0.0875. The van der Waals surface area contributed by atoms with Gasteiger partial charge in [0.05, 0.1) is 17.1 Å². The molecule has 4 rings (SSSR count). The summed E-state index contributed by atoms with van der Waals surface area (Å²) in [5, 5.41) is 5.90. The van der Waals surface area contributed by atoms with Gasteiger partial charge >= 0.3 is 0 Å². The molecular formula is C21H19FN4O3S2. The van der Waals surface area contributed by atoms with Gasteiger partial charge in [0.2, 0.25) is 15.9 Å². The number of aryl methyl sites for hydroxylation is 1. The highest BCUT2D eigenvalue weighted by Gasteiger charge is 2.23. The number of amides is 1. The van der Waals surface area contributed by atoms with Gasteiger partial charge in [-0.15, -0.1) is 11.3 Å². The van der Waals surface area contributed by atoms with Crippen LogP contribution in [-0.4, -0.2) is 42.2 Å². The van der Waals surface area contributed by atoms with Gasteiger partial charge in [0, 0.05) is 34.6 Å². The van der Waals surface area contributed by atoms with Crippen LogP contribution >= 0.6 is 11.3 Å². The molecule has 0 aliphatic heterocycles. The summed E-state index contributed by atoms with van der Waals surface area (Å²) < 4.78 is 39.1. The van der Waals surface area contributed by atoms with Crippen molar-refractivity contribution in [2.75, 3.05) is 18.9 Å². The number of benzene rings is 2. The summed E-state index contributed by atoms with van der Waals surface area (Å²) in [5.74, 6) is -1.06. The number of thiazole rings is 1. The largest absolute Gasteiger partial charge is 0.358 e. The van der Waals surface area contributed by atoms with Crippen LogP contribution in [0.25, 0.3) is 22.2 Å². The van der Waals surface area contributed by atoms with E-state index in [0.717, 1.165) is 56.4 Å². The highest BCUT2D eigenvalue weighted by molar-refractivity contribution is 7.89. The standard InChI is InChI=1S/C21H19FN4O3S2/c1-13-20(16-5-3-4-6-17(16)23-13)18-12-30-21(24-18)25-19(27)11-26(2)31(28,29)15-9-7-14(22)8-10-15/h3-10,12,23H,11H2,1-2H3,(H,24,25,27). The number of H-pyrrole nitrogens is 1. The molecule has 0 unspecified atom stereocenters. The molecule has 2 aromatic heterocycles. The van der Waals surface area contributed by atoms with Crippen molar-refractivity contribution in [1.82, 2.24) is 14.3 Å². The Morgan fingerprint density at radius 1 is 1.19 bits per heavy atom. The number of likely N-dealkylation sites (N-methyl/N-ethyl adjacent to an activating group) is 1. The van der Waals surface area contributed by atoms with Crippen LogP contribution in [0, 0.1) is 12.7 Å². The fraction of sp³-hybridized carbons (Fsp3) is 0.143. The Balaban J connectivity index is 1.48. The lowest BCUT2D eigenvalue weighted by atomic mass is 10.1. The van der Waals surface area contributed by atoms with Crippen molar-refractivity contribution in [3.05, 3.63) is 65.4 Å². The minimum atomic E-state index is -3.92. The van der Waals surface area contributed by atoms with Crippen LogP contribution in [0.5, 0.6) is 0 Å². The number of hydrogen-bond acceptors (Lipinski definition) is 5. The third kappa shape index (κ3) is 4.22. The van der Waals surface area contributed by atoms with Crippen molar-refractivity contribution >= 4 is 43.3 Å². The molecule has 0 fully saturated rings. The molecular weight excluding hydrogens is 439 g/mol. The van der Waals surface area contributed by atoms with Gasteiger partial charge in [-0.3, -0.25) is 4.79 Å². The number of aromatic amines is 1. The maximum atomic E-state index is 13.1. The Labute approximate surface area is 182 Å². The summed E-state index contributed by atoms with van der Waals surface area (Å²) >= 11 is 1.26. The number of sulfonamides is 1. The summed E-state index contributed by atoms with van der Waals surface area (Å²) in [5.41, 5.74) is 3.65. The summed E-state index contributed by atoms with van der Waals surface area (Å²) in [6.45, 7) is 1.56. The Morgan fingerprint density at radius 2 is 1.90 bits per heavy atom. The topological polar surface area (TPSA) is 95.2 Å². The number of nitrogens with one attached hydrogen (secondary N) is 2. The van der Waals surface area contributed by atoms with Crippen LogP contribution < -0.4 is 5.32 Å². The molecule has 0 radical (unpaired) electrons. The van der Waals surface area contributed by atoms with E-state index in [1.54, 1.807) is 0 Å². The molecule has 0 aliphatic carbocycles. The van der Waals surface area contributed by atoms with Crippen LogP contribution in [-0.2, 0) is 14.8 Å². The second kappa shape index (κ2) is 8.22. The van der Waals surface area contributed by atoms with Gasteiger partial charge in [-0.1, -0.05) is 18.2 Å². The SMILES string of the molecule is Cc1[nH]c2ccccc2c1-c1csc(NC(=O)CN(C)S(=O)(=O)c2ccc(F)cc2)n1. The monoisotopic (exact) mass is 458 g/mol. The highest BCUT2D eigenvalue weighted by atomic mass is 32.2. The van der Waals surface area contributed by atoms with Crippen molar-refractivity contribution < 1.29 is 17.6 Å². The second-order valence-electron chi connectivity index (χ2n) is 6.97. The number of para-hydroxylation sites is 1. The number of fused-ring (bicyclic) bond motifs is 1. The van der Waals surface area contributed by atoms with Crippen molar-refractivity contribution in [3.8, 4) is 11.3 Å². The summed E-state index contributed by atoms with van der Waals surface area (Å²) in [6, 6.07) is 12.3. The fourth-order valence-corrected chi connectivity index (χ4v) is 5.13. The number of anilines is 1. The van der Waals surface area contributed by atoms with Crippen LogP contribution in [0.3, 0.4) is 0 Å². The molecule has 0 aliphatic rings. The third-order valence-corrected chi connectivity index (χ3v) is 7.36. The van der Waals surface area contributed by atoms with Gasteiger partial charge in [-0.05, 0) is 37.3 Å². The van der Waals surface area contributed by atoms with Crippen molar-refractivity contribution in [1.29, 1.82) is 0 Å². The molecule has 0 bridgehead atoms. The van der Waals surface area contributed by atoms with Gasteiger partial charge < -0.3 is 10.3 Å². The lowest BCUT2D eigenvalue weighted by molar-refractivity contribution is -0.116. The van der Waals surface area contributed by atoms with E-state index in [2.05, 4.69) is 15.3 Å². The summed E-state index contributed by atoms with van der Waals surface area (Å²) in [6.07, 6.45) is 0. The molecule has 0 saturated heterocycles. The Bertz CT molecular complexity index is 1360. The molecule has 7 nitrogen and oxygen atoms in total. The Kier molecular flexibility index (Phi) is 5.61. The van der Waals surface area contributed by atoms with E-state index in [1.165, 1.54) is 18.4 Å². The number of halogens is 1. The molecule has 2 aromatic carbocycles. The quantitative estimate of drug-likeness (QED) is 0.457. The first-order valence-electron chi connectivity index (χ1n) is 9.30. The van der Waals surface area contributed by atoms with Gasteiger partial charge in [0.15, 0.2) is 5.13 Å². The van der Waals surface area contributed by atoms with Gasteiger partial charge in [-0.2, -0.15) is 4.31 Å². The second-order valence-corrected chi connectivity index (χ2v) is 9.87. The van der Waals surface area contributed by atoms with Crippen LogP contribution in [0.2, 0.25) is 0 Å². The van der Waals surface area contributed by atoms with E-state index in [0.29, 0.717) is 5.13 Å². The van der Waals surface area contributed by atoms with E-state index in [9.17, 15) is 17.6 Å². The number of carbonyl (C=O) groups is 1. The predicted molar refractivity (Wildman–Crippen MR) is 119 cm³/mol. The molecule has 2 N–H and O–H groups in total. The third-order valence-electron chi connectivity index (χ3n) is 4.79. The van der Waals surface area contributed by atoms with Crippen LogP contribution in [0.4, 0.5) is 9.52 Å². The van der Waals surface area contributed by atoms with Crippen molar-refractivity contribution in [2.45, 2.75) is 11.8 Å². The average Bonchev–Trinajstić information content (AvgIpc) is 3.30. The maximum Gasteiger partial charge on any atom is 0.243 e. The van der Waals surface area contributed by atoms with Crippen LogP contribution in [0.1, 0.15) is 5.69 Å². The van der Waals surface area contributed by atoms with E-state index < -0.39 is 28.3 Å². The summed E-state index contributed by atoms with van der Waals surface area (Å²) in [4.78, 5) is 20.1. The van der Waals surface area contributed by atoms with E-state index in [4.69, 9.17) is 0 Å². The molecule has 0 atom stereocenters. The van der Waals surface area contributed by atoms with E-state index in [1.807, 2.05) is 36.6 Å². The van der Waals surface area contributed by atoms with E-state index in [-0.39, 0.29) is 4.90 Å². The molecule has 0 saturated carbocycles. The van der Waals surface area contributed by atoms with Crippen molar-refractivity contribution in [2.24, 2.45) is 0 Å².